The highest BCUT2D eigenvalue weighted by Crippen LogP contribution is 2.27. The van der Waals surface area contributed by atoms with Crippen LogP contribution in [0.4, 0.5) is 0 Å². The van der Waals surface area contributed by atoms with E-state index in [1.54, 1.807) is 0 Å². The summed E-state index contributed by atoms with van der Waals surface area (Å²) in [7, 11) is 0. The van der Waals surface area contributed by atoms with Gasteiger partial charge >= 0.3 is 0 Å². The fraction of sp³-hybridized carbons (Fsp3) is 0.250. The number of rotatable bonds is 5. The van der Waals surface area contributed by atoms with Gasteiger partial charge in [-0.05, 0) is 17.9 Å². The fourth-order valence-electron chi connectivity index (χ4n) is 1.87. The molecule has 1 heteroatoms. The summed E-state index contributed by atoms with van der Waals surface area (Å²) in [5.41, 5.74) is 0. The molecule has 2 aromatic rings. The van der Waals surface area contributed by atoms with Crippen LogP contribution in [0.5, 0.6) is 5.75 Å². The average Bonchev–Trinajstić information content (AvgIpc) is 2.37. The van der Waals surface area contributed by atoms with E-state index in [0.717, 1.165) is 36.2 Å². The van der Waals surface area contributed by atoms with Crippen molar-refractivity contribution in [2.75, 3.05) is 0 Å². The van der Waals surface area contributed by atoms with Crippen LogP contribution < -0.4 is 4.74 Å². The number of unbranched alkanes of at least 4 members (excludes halogenated alkanes) is 1. The van der Waals surface area contributed by atoms with Gasteiger partial charge < -0.3 is 4.74 Å². The average molecular weight is 226 g/mol. The normalized spacial score (nSPS) is 10.4. The van der Waals surface area contributed by atoms with E-state index in [9.17, 15) is 0 Å². The Bertz CT molecular complexity index is 508. The van der Waals surface area contributed by atoms with Crippen molar-refractivity contribution >= 4 is 10.8 Å². The van der Waals surface area contributed by atoms with E-state index in [0.29, 0.717) is 0 Å². The Labute approximate surface area is 103 Å². The Kier molecular flexibility index (Phi) is 3.81. The second-order valence-electron chi connectivity index (χ2n) is 4.22. The molecule has 0 radical (unpaired) electrons. The summed E-state index contributed by atoms with van der Waals surface area (Å²) < 4.78 is 5.84. The minimum absolute atomic E-state index is 0.850. The van der Waals surface area contributed by atoms with Gasteiger partial charge in [-0.2, -0.15) is 0 Å². The molecule has 0 aromatic heterocycles. The third kappa shape index (κ3) is 2.88. The molecule has 0 aliphatic heterocycles. The monoisotopic (exact) mass is 226 g/mol. The molecule has 0 aliphatic rings. The SMILES string of the molecule is C=C(CCCC)Oc1cccc2ccccc12. The molecule has 17 heavy (non-hydrogen) atoms. The van der Waals surface area contributed by atoms with Crippen LogP contribution in [0.15, 0.2) is 54.8 Å². The second-order valence-corrected chi connectivity index (χ2v) is 4.22. The summed E-state index contributed by atoms with van der Waals surface area (Å²) in [6.07, 6.45) is 3.22. The van der Waals surface area contributed by atoms with Gasteiger partial charge in [0, 0.05) is 11.8 Å². The molecular formula is C16H18O. The van der Waals surface area contributed by atoms with E-state index < -0.39 is 0 Å². The van der Waals surface area contributed by atoms with Crippen molar-refractivity contribution in [3.05, 3.63) is 54.8 Å². The maximum Gasteiger partial charge on any atom is 0.134 e. The predicted octanol–water partition coefficient (Wildman–Crippen LogP) is 4.92. The highest BCUT2D eigenvalue weighted by Gasteiger charge is 2.03. The van der Waals surface area contributed by atoms with E-state index in [-0.39, 0.29) is 0 Å². The van der Waals surface area contributed by atoms with Gasteiger partial charge in [0.2, 0.25) is 0 Å². The molecule has 0 unspecified atom stereocenters. The van der Waals surface area contributed by atoms with Crippen molar-refractivity contribution in [3.63, 3.8) is 0 Å². The summed E-state index contributed by atoms with van der Waals surface area (Å²) in [6, 6.07) is 14.4. The maximum atomic E-state index is 5.84. The van der Waals surface area contributed by atoms with Gasteiger partial charge in [-0.25, -0.2) is 0 Å². The number of hydrogen-bond donors (Lipinski definition) is 0. The smallest absolute Gasteiger partial charge is 0.134 e. The number of fused-ring (bicyclic) bond motifs is 1. The lowest BCUT2D eigenvalue weighted by molar-refractivity contribution is 0.405. The molecular weight excluding hydrogens is 208 g/mol. The molecule has 0 N–H and O–H groups in total. The summed E-state index contributed by atoms with van der Waals surface area (Å²) in [5, 5.41) is 2.35. The van der Waals surface area contributed by atoms with Crippen molar-refractivity contribution in [1.29, 1.82) is 0 Å². The molecule has 1 nitrogen and oxygen atoms in total. The summed E-state index contributed by atoms with van der Waals surface area (Å²) in [4.78, 5) is 0. The molecule has 0 saturated heterocycles. The van der Waals surface area contributed by atoms with Gasteiger partial charge in [0.15, 0.2) is 0 Å². The van der Waals surface area contributed by atoms with Crippen molar-refractivity contribution < 1.29 is 4.74 Å². The highest BCUT2D eigenvalue weighted by molar-refractivity contribution is 5.88. The van der Waals surface area contributed by atoms with Crippen LogP contribution in [-0.4, -0.2) is 0 Å². The van der Waals surface area contributed by atoms with E-state index in [2.05, 4.69) is 31.7 Å². The van der Waals surface area contributed by atoms with Crippen LogP contribution >= 0.6 is 0 Å². The van der Waals surface area contributed by atoms with E-state index in [4.69, 9.17) is 4.74 Å². The number of ether oxygens (including phenoxy) is 1. The summed E-state index contributed by atoms with van der Waals surface area (Å²) in [5.74, 6) is 1.76. The second kappa shape index (κ2) is 5.53. The Morgan fingerprint density at radius 1 is 1.12 bits per heavy atom. The third-order valence-corrected chi connectivity index (χ3v) is 2.81. The molecule has 0 heterocycles. The van der Waals surface area contributed by atoms with Crippen LogP contribution in [0.3, 0.4) is 0 Å². The van der Waals surface area contributed by atoms with Gasteiger partial charge in [0.25, 0.3) is 0 Å². The molecule has 2 rings (SSSR count). The van der Waals surface area contributed by atoms with Gasteiger partial charge in [-0.3, -0.25) is 0 Å². The molecule has 0 spiro atoms. The molecule has 0 saturated carbocycles. The largest absolute Gasteiger partial charge is 0.462 e. The molecule has 0 fully saturated rings. The lowest BCUT2D eigenvalue weighted by atomic mass is 10.1. The minimum Gasteiger partial charge on any atom is -0.462 e. The number of benzene rings is 2. The Balaban J connectivity index is 2.21. The van der Waals surface area contributed by atoms with Crippen LogP contribution in [-0.2, 0) is 0 Å². The van der Waals surface area contributed by atoms with Crippen LogP contribution in [0.2, 0.25) is 0 Å². The van der Waals surface area contributed by atoms with Crippen molar-refractivity contribution in [3.8, 4) is 5.75 Å². The first-order chi connectivity index (χ1) is 8.31. The fourth-order valence-corrected chi connectivity index (χ4v) is 1.87. The van der Waals surface area contributed by atoms with Crippen LogP contribution in [0.25, 0.3) is 10.8 Å². The van der Waals surface area contributed by atoms with E-state index >= 15 is 0 Å². The first kappa shape index (κ1) is 11.7. The Morgan fingerprint density at radius 3 is 2.71 bits per heavy atom. The lowest BCUT2D eigenvalue weighted by Crippen LogP contribution is -1.94. The van der Waals surface area contributed by atoms with Gasteiger partial charge in [0.1, 0.15) is 5.75 Å². The first-order valence-electron chi connectivity index (χ1n) is 6.14. The van der Waals surface area contributed by atoms with Gasteiger partial charge in [-0.15, -0.1) is 0 Å². The molecule has 88 valence electrons. The zero-order valence-corrected chi connectivity index (χ0v) is 10.3. The predicted molar refractivity (Wildman–Crippen MR) is 73.2 cm³/mol. The molecule has 0 aliphatic carbocycles. The minimum atomic E-state index is 0.850. The summed E-state index contributed by atoms with van der Waals surface area (Å²) >= 11 is 0. The zero-order chi connectivity index (χ0) is 12.1. The Hall–Kier alpha value is -1.76. The Morgan fingerprint density at radius 2 is 1.88 bits per heavy atom. The standard InChI is InChI=1S/C16H18O/c1-3-4-8-13(2)17-16-12-7-10-14-9-5-6-11-15(14)16/h5-7,9-12H,2-4,8H2,1H3. The van der Waals surface area contributed by atoms with E-state index in [1.807, 2.05) is 24.3 Å². The zero-order valence-electron chi connectivity index (χ0n) is 10.3. The first-order valence-corrected chi connectivity index (χ1v) is 6.14. The van der Waals surface area contributed by atoms with Gasteiger partial charge in [0.05, 0.1) is 5.76 Å². The maximum absolute atomic E-state index is 5.84. The number of hydrogen-bond acceptors (Lipinski definition) is 1. The van der Waals surface area contributed by atoms with Crippen molar-refractivity contribution in [1.82, 2.24) is 0 Å². The topological polar surface area (TPSA) is 9.23 Å². The van der Waals surface area contributed by atoms with Crippen molar-refractivity contribution in [2.24, 2.45) is 0 Å². The van der Waals surface area contributed by atoms with Crippen molar-refractivity contribution in [2.45, 2.75) is 26.2 Å². The van der Waals surface area contributed by atoms with Crippen LogP contribution in [0, 0.1) is 0 Å². The quantitative estimate of drug-likeness (QED) is 0.657. The van der Waals surface area contributed by atoms with E-state index in [1.165, 1.54) is 5.39 Å². The highest BCUT2D eigenvalue weighted by atomic mass is 16.5. The summed E-state index contributed by atoms with van der Waals surface area (Å²) in [6.45, 7) is 6.14. The molecule has 0 atom stereocenters. The lowest BCUT2D eigenvalue weighted by Gasteiger charge is -2.10. The molecule has 2 aromatic carbocycles. The van der Waals surface area contributed by atoms with Gasteiger partial charge in [-0.1, -0.05) is 56.3 Å². The number of allylic oxidation sites excluding steroid dienone is 1. The molecule has 0 bridgehead atoms. The molecule has 0 amide bonds. The third-order valence-electron chi connectivity index (χ3n) is 2.81. The van der Waals surface area contributed by atoms with Crippen LogP contribution in [0.1, 0.15) is 26.2 Å².